The second-order valence-corrected chi connectivity index (χ2v) is 6.20. The average molecular weight is 261 g/mol. The third kappa shape index (κ3) is 3.54. The van der Waals surface area contributed by atoms with Crippen LogP contribution in [0.3, 0.4) is 0 Å². The van der Waals surface area contributed by atoms with E-state index in [-0.39, 0.29) is 6.04 Å². The lowest BCUT2D eigenvalue weighted by atomic mass is 9.85. The molecule has 3 heteroatoms. The second-order valence-electron chi connectivity index (χ2n) is 6.20. The summed E-state index contributed by atoms with van der Waals surface area (Å²) in [6.07, 6.45) is 6.33. The van der Waals surface area contributed by atoms with Gasteiger partial charge in [-0.3, -0.25) is 9.88 Å². The highest BCUT2D eigenvalue weighted by Gasteiger charge is 2.29. The fourth-order valence-corrected chi connectivity index (χ4v) is 3.27. The zero-order valence-electron chi connectivity index (χ0n) is 12.4. The molecular weight excluding hydrogens is 234 g/mol. The first-order chi connectivity index (χ1) is 9.09. The van der Waals surface area contributed by atoms with Crippen LogP contribution in [0.4, 0.5) is 0 Å². The molecule has 19 heavy (non-hydrogen) atoms. The molecule has 2 atom stereocenters. The van der Waals surface area contributed by atoms with Crippen LogP contribution in [0.15, 0.2) is 24.5 Å². The van der Waals surface area contributed by atoms with Gasteiger partial charge in [0.1, 0.15) is 0 Å². The van der Waals surface area contributed by atoms with E-state index < -0.39 is 0 Å². The quantitative estimate of drug-likeness (QED) is 0.906. The molecule has 3 nitrogen and oxygen atoms in total. The van der Waals surface area contributed by atoms with Gasteiger partial charge in [-0.25, -0.2) is 0 Å². The van der Waals surface area contributed by atoms with Crippen molar-refractivity contribution in [3.63, 3.8) is 0 Å². The van der Waals surface area contributed by atoms with E-state index in [9.17, 15) is 0 Å². The van der Waals surface area contributed by atoms with Crippen LogP contribution >= 0.6 is 0 Å². The van der Waals surface area contributed by atoms with Gasteiger partial charge in [0.2, 0.25) is 0 Å². The van der Waals surface area contributed by atoms with Crippen molar-refractivity contribution < 1.29 is 0 Å². The predicted molar refractivity (Wildman–Crippen MR) is 79.8 cm³/mol. The van der Waals surface area contributed by atoms with E-state index >= 15 is 0 Å². The highest BCUT2D eigenvalue weighted by Crippen LogP contribution is 2.31. The minimum absolute atomic E-state index is 0.151. The summed E-state index contributed by atoms with van der Waals surface area (Å²) in [5.41, 5.74) is 7.53. The zero-order chi connectivity index (χ0) is 13.8. The van der Waals surface area contributed by atoms with E-state index in [4.69, 9.17) is 5.73 Å². The molecule has 2 N–H and O–H groups in total. The number of rotatable bonds is 4. The highest BCUT2D eigenvalue weighted by molar-refractivity contribution is 5.17. The molecule has 106 valence electrons. The van der Waals surface area contributed by atoms with E-state index in [0.717, 1.165) is 24.9 Å². The molecule has 1 saturated heterocycles. The first-order valence-corrected chi connectivity index (χ1v) is 7.49. The van der Waals surface area contributed by atoms with Crippen molar-refractivity contribution in [3.8, 4) is 0 Å². The SMILES string of the molecule is CC(C)C1CCN(C(c2ccncc2)C(C)N)CC1. The summed E-state index contributed by atoms with van der Waals surface area (Å²) in [6, 6.07) is 4.68. The van der Waals surface area contributed by atoms with Gasteiger partial charge in [-0.2, -0.15) is 0 Å². The summed E-state index contributed by atoms with van der Waals surface area (Å²) in [5, 5.41) is 0. The summed E-state index contributed by atoms with van der Waals surface area (Å²) < 4.78 is 0. The Balaban J connectivity index is 2.06. The fourth-order valence-electron chi connectivity index (χ4n) is 3.27. The van der Waals surface area contributed by atoms with E-state index in [1.165, 1.54) is 18.4 Å². The summed E-state index contributed by atoms with van der Waals surface area (Å²) in [5.74, 6) is 1.68. The van der Waals surface area contributed by atoms with Crippen LogP contribution < -0.4 is 5.73 Å². The first-order valence-electron chi connectivity index (χ1n) is 7.49. The first kappa shape index (κ1) is 14.5. The van der Waals surface area contributed by atoms with E-state index in [0.29, 0.717) is 6.04 Å². The van der Waals surface area contributed by atoms with Crippen molar-refractivity contribution in [3.05, 3.63) is 30.1 Å². The average Bonchev–Trinajstić information content (AvgIpc) is 2.40. The Hall–Kier alpha value is -0.930. The normalized spacial score (nSPS) is 21.5. The Kier molecular flexibility index (Phi) is 4.94. The molecule has 0 radical (unpaired) electrons. The maximum absolute atomic E-state index is 6.23. The van der Waals surface area contributed by atoms with Crippen LogP contribution in [-0.4, -0.2) is 29.0 Å². The molecule has 2 heterocycles. The molecule has 0 amide bonds. The number of nitrogens with two attached hydrogens (primary N) is 1. The molecule has 0 saturated carbocycles. The Labute approximate surface area is 117 Å². The number of hydrogen-bond donors (Lipinski definition) is 1. The van der Waals surface area contributed by atoms with Crippen LogP contribution in [0.1, 0.15) is 45.2 Å². The molecule has 1 aromatic heterocycles. The number of likely N-dealkylation sites (tertiary alicyclic amines) is 1. The largest absolute Gasteiger partial charge is 0.326 e. The maximum atomic E-state index is 6.23. The van der Waals surface area contributed by atoms with Crippen LogP contribution in [-0.2, 0) is 0 Å². The Bertz CT molecular complexity index is 367. The third-order valence-corrected chi connectivity index (χ3v) is 4.46. The molecule has 2 rings (SSSR count). The van der Waals surface area contributed by atoms with E-state index in [2.05, 4.69) is 42.8 Å². The predicted octanol–water partition coefficient (Wildman–Crippen LogP) is 2.84. The lowest BCUT2D eigenvalue weighted by Gasteiger charge is -2.40. The summed E-state index contributed by atoms with van der Waals surface area (Å²) in [4.78, 5) is 6.66. The van der Waals surface area contributed by atoms with Crippen molar-refractivity contribution in [1.29, 1.82) is 0 Å². The summed E-state index contributed by atoms with van der Waals surface area (Å²) in [6.45, 7) is 9.12. The Morgan fingerprint density at radius 1 is 1.16 bits per heavy atom. The molecule has 1 aromatic rings. The topological polar surface area (TPSA) is 42.2 Å². The van der Waals surface area contributed by atoms with Gasteiger partial charge in [-0.05, 0) is 62.4 Å². The van der Waals surface area contributed by atoms with Gasteiger partial charge < -0.3 is 5.73 Å². The molecule has 0 spiro atoms. The molecular formula is C16H27N3. The number of nitrogens with zero attached hydrogens (tertiary/aromatic N) is 2. The van der Waals surface area contributed by atoms with Gasteiger partial charge in [-0.15, -0.1) is 0 Å². The molecule has 0 aliphatic carbocycles. The summed E-state index contributed by atoms with van der Waals surface area (Å²) >= 11 is 0. The number of hydrogen-bond acceptors (Lipinski definition) is 3. The van der Waals surface area contributed by atoms with Gasteiger partial charge in [0.05, 0.1) is 0 Å². The molecule has 1 fully saturated rings. The van der Waals surface area contributed by atoms with Gasteiger partial charge in [0.25, 0.3) is 0 Å². The van der Waals surface area contributed by atoms with E-state index in [1.807, 2.05) is 12.4 Å². The molecule has 2 unspecified atom stereocenters. The Morgan fingerprint density at radius 2 is 1.74 bits per heavy atom. The lowest BCUT2D eigenvalue weighted by molar-refractivity contribution is 0.103. The van der Waals surface area contributed by atoms with Gasteiger partial charge in [0.15, 0.2) is 0 Å². The molecule has 0 aromatic carbocycles. The summed E-state index contributed by atoms with van der Waals surface area (Å²) in [7, 11) is 0. The van der Waals surface area contributed by atoms with Gasteiger partial charge in [-0.1, -0.05) is 13.8 Å². The molecule has 1 aliphatic rings. The van der Waals surface area contributed by atoms with Crippen molar-refractivity contribution in [2.24, 2.45) is 17.6 Å². The number of aromatic nitrogens is 1. The number of piperidine rings is 1. The van der Waals surface area contributed by atoms with Crippen LogP contribution in [0, 0.1) is 11.8 Å². The van der Waals surface area contributed by atoms with Crippen molar-refractivity contribution in [1.82, 2.24) is 9.88 Å². The minimum atomic E-state index is 0.151. The Morgan fingerprint density at radius 3 is 2.21 bits per heavy atom. The fraction of sp³-hybridized carbons (Fsp3) is 0.688. The van der Waals surface area contributed by atoms with Gasteiger partial charge in [0, 0.05) is 24.5 Å². The zero-order valence-corrected chi connectivity index (χ0v) is 12.4. The smallest absolute Gasteiger partial charge is 0.0497 e. The van der Waals surface area contributed by atoms with Crippen molar-refractivity contribution in [2.45, 2.75) is 45.7 Å². The standard InChI is InChI=1S/C16H27N3/c1-12(2)14-6-10-19(11-7-14)16(13(3)17)15-4-8-18-9-5-15/h4-5,8-9,12-14,16H,6-7,10-11,17H2,1-3H3. The highest BCUT2D eigenvalue weighted by atomic mass is 15.2. The minimum Gasteiger partial charge on any atom is -0.326 e. The third-order valence-electron chi connectivity index (χ3n) is 4.46. The number of pyridine rings is 1. The lowest BCUT2D eigenvalue weighted by Crippen LogP contribution is -2.44. The second kappa shape index (κ2) is 6.49. The van der Waals surface area contributed by atoms with Crippen LogP contribution in [0.25, 0.3) is 0 Å². The van der Waals surface area contributed by atoms with Crippen molar-refractivity contribution in [2.75, 3.05) is 13.1 Å². The van der Waals surface area contributed by atoms with Crippen LogP contribution in [0.5, 0.6) is 0 Å². The van der Waals surface area contributed by atoms with E-state index in [1.54, 1.807) is 0 Å². The maximum Gasteiger partial charge on any atom is 0.0497 e. The van der Waals surface area contributed by atoms with Crippen molar-refractivity contribution >= 4 is 0 Å². The monoisotopic (exact) mass is 261 g/mol. The molecule has 0 bridgehead atoms. The van der Waals surface area contributed by atoms with Gasteiger partial charge >= 0.3 is 0 Å². The molecule has 1 aliphatic heterocycles. The van der Waals surface area contributed by atoms with Crippen LogP contribution in [0.2, 0.25) is 0 Å².